The lowest BCUT2D eigenvalue weighted by Gasteiger charge is -2.53. The Labute approximate surface area is 204 Å². The number of nitrogens with zero attached hydrogens (tertiary/aromatic N) is 1. The molecule has 0 radical (unpaired) electrons. The summed E-state index contributed by atoms with van der Waals surface area (Å²) in [5.74, 6) is 0.759. The van der Waals surface area contributed by atoms with Crippen molar-refractivity contribution in [3.8, 4) is 5.75 Å². The molecule has 1 aliphatic carbocycles. The third-order valence-electron chi connectivity index (χ3n) is 9.00. The third kappa shape index (κ3) is 4.73. The van der Waals surface area contributed by atoms with Crippen LogP contribution in [0.5, 0.6) is 5.75 Å². The molecule has 1 saturated heterocycles. The molecule has 2 aliphatic rings. The van der Waals surface area contributed by atoms with Crippen molar-refractivity contribution >= 4 is 5.91 Å². The Morgan fingerprint density at radius 3 is 2.44 bits per heavy atom. The first-order chi connectivity index (χ1) is 16.1. The number of phenolic OH excluding ortho intramolecular Hbond substituents is 1. The number of carbonyl (C=O) groups excluding carboxylic acids is 1. The standard InChI is InChI=1S/C29H40N2O3/c1-20-18-24-25(6-5-7-26(24)33)29(4,28(20,2)3)14-15-30-27(34)22-10-8-21(9-11-22)19-31-16-12-23(32)13-17-31/h5-11,20,23,32-33H,12-19H2,1-4H3,(H,30,34)/t20-,29+/m1/s1. The molecule has 3 N–H and O–H groups in total. The molecule has 1 heterocycles. The molecule has 1 fully saturated rings. The number of aliphatic hydroxyl groups is 1. The fourth-order valence-electron chi connectivity index (χ4n) is 5.84. The van der Waals surface area contributed by atoms with Gasteiger partial charge in [-0.1, -0.05) is 52.0 Å². The van der Waals surface area contributed by atoms with E-state index >= 15 is 0 Å². The fraction of sp³-hybridized carbons (Fsp3) is 0.552. The molecule has 1 amide bonds. The second kappa shape index (κ2) is 9.71. The minimum absolute atomic E-state index is 0.0324. The summed E-state index contributed by atoms with van der Waals surface area (Å²) < 4.78 is 0. The van der Waals surface area contributed by atoms with Crippen LogP contribution in [0, 0.1) is 11.3 Å². The average molecular weight is 465 g/mol. The lowest BCUT2D eigenvalue weighted by atomic mass is 9.51. The lowest BCUT2D eigenvalue weighted by molar-refractivity contribution is 0.0726. The summed E-state index contributed by atoms with van der Waals surface area (Å²) >= 11 is 0. The van der Waals surface area contributed by atoms with Crippen molar-refractivity contribution in [2.45, 2.75) is 71.4 Å². The van der Waals surface area contributed by atoms with Crippen LogP contribution in [0.4, 0.5) is 0 Å². The van der Waals surface area contributed by atoms with Crippen LogP contribution in [-0.2, 0) is 18.4 Å². The summed E-state index contributed by atoms with van der Waals surface area (Å²) in [7, 11) is 0. The number of carbonyl (C=O) groups is 1. The molecular formula is C29H40N2O3. The molecule has 34 heavy (non-hydrogen) atoms. The fourth-order valence-corrected chi connectivity index (χ4v) is 5.84. The topological polar surface area (TPSA) is 72.8 Å². The minimum Gasteiger partial charge on any atom is -0.508 e. The van der Waals surface area contributed by atoms with Crippen molar-refractivity contribution in [2.75, 3.05) is 19.6 Å². The molecule has 0 saturated carbocycles. The lowest BCUT2D eigenvalue weighted by Crippen LogP contribution is -2.49. The van der Waals surface area contributed by atoms with Gasteiger partial charge in [-0.15, -0.1) is 0 Å². The zero-order valence-corrected chi connectivity index (χ0v) is 21.1. The molecule has 0 bridgehead atoms. The molecule has 0 unspecified atom stereocenters. The van der Waals surface area contributed by atoms with Crippen molar-refractivity contribution in [1.82, 2.24) is 10.2 Å². The van der Waals surface area contributed by atoms with E-state index in [1.807, 2.05) is 30.3 Å². The van der Waals surface area contributed by atoms with Gasteiger partial charge in [0.25, 0.3) is 5.91 Å². The van der Waals surface area contributed by atoms with E-state index in [4.69, 9.17) is 0 Å². The van der Waals surface area contributed by atoms with Gasteiger partial charge in [-0.2, -0.15) is 0 Å². The predicted octanol–water partition coefficient (Wildman–Crippen LogP) is 4.65. The van der Waals surface area contributed by atoms with Gasteiger partial charge in [-0.3, -0.25) is 9.69 Å². The van der Waals surface area contributed by atoms with Crippen LogP contribution in [0.15, 0.2) is 42.5 Å². The molecule has 5 heteroatoms. The van der Waals surface area contributed by atoms with Gasteiger partial charge in [0.1, 0.15) is 5.75 Å². The van der Waals surface area contributed by atoms with Gasteiger partial charge in [0.05, 0.1) is 6.10 Å². The number of aliphatic hydroxyl groups excluding tert-OH is 1. The minimum atomic E-state index is -0.161. The highest BCUT2D eigenvalue weighted by atomic mass is 16.3. The van der Waals surface area contributed by atoms with E-state index in [0.717, 1.165) is 50.9 Å². The van der Waals surface area contributed by atoms with Crippen molar-refractivity contribution in [1.29, 1.82) is 0 Å². The zero-order valence-electron chi connectivity index (χ0n) is 21.1. The Kier molecular flexibility index (Phi) is 7.07. The molecule has 2 aromatic rings. The second-order valence-electron chi connectivity index (χ2n) is 11.2. The van der Waals surface area contributed by atoms with E-state index in [-0.39, 0.29) is 22.8 Å². The molecule has 184 valence electrons. The summed E-state index contributed by atoms with van der Waals surface area (Å²) in [4.78, 5) is 15.2. The van der Waals surface area contributed by atoms with E-state index < -0.39 is 0 Å². The first-order valence-corrected chi connectivity index (χ1v) is 12.7. The number of fused-ring (bicyclic) bond motifs is 1. The van der Waals surface area contributed by atoms with Crippen LogP contribution in [0.25, 0.3) is 0 Å². The Morgan fingerprint density at radius 2 is 1.76 bits per heavy atom. The number of hydrogen-bond donors (Lipinski definition) is 3. The molecule has 4 rings (SSSR count). The highest BCUT2D eigenvalue weighted by molar-refractivity contribution is 5.94. The summed E-state index contributed by atoms with van der Waals surface area (Å²) in [6, 6.07) is 13.7. The smallest absolute Gasteiger partial charge is 0.251 e. The molecule has 1 aliphatic heterocycles. The maximum atomic E-state index is 12.9. The summed E-state index contributed by atoms with van der Waals surface area (Å²) in [5, 5.41) is 23.3. The zero-order chi connectivity index (χ0) is 24.5. The van der Waals surface area contributed by atoms with Crippen LogP contribution < -0.4 is 5.32 Å². The largest absolute Gasteiger partial charge is 0.508 e. The number of aromatic hydroxyl groups is 1. The predicted molar refractivity (Wildman–Crippen MR) is 136 cm³/mol. The van der Waals surface area contributed by atoms with E-state index in [9.17, 15) is 15.0 Å². The average Bonchev–Trinajstić information content (AvgIpc) is 2.81. The first-order valence-electron chi connectivity index (χ1n) is 12.7. The Balaban J connectivity index is 1.38. The second-order valence-corrected chi connectivity index (χ2v) is 11.2. The first kappa shape index (κ1) is 24.7. The van der Waals surface area contributed by atoms with Crippen molar-refractivity contribution in [3.05, 3.63) is 64.7 Å². The van der Waals surface area contributed by atoms with Gasteiger partial charge in [0.15, 0.2) is 0 Å². The Bertz CT molecular complexity index is 1010. The normalized spacial score (nSPS) is 25.0. The number of rotatable bonds is 6. The van der Waals surface area contributed by atoms with Crippen molar-refractivity contribution in [3.63, 3.8) is 0 Å². The van der Waals surface area contributed by atoms with Crippen LogP contribution in [-0.4, -0.2) is 46.8 Å². The van der Waals surface area contributed by atoms with Gasteiger partial charge in [0.2, 0.25) is 0 Å². The van der Waals surface area contributed by atoms with E-state index in [1.54, 1.807) is 6.07 Å². The van der Waals surface area contributed by atoms with Crippen LogP contribution in [0.1, 0.15) is 74.0 Å². The summed E-state index contributed by atoms with van der Waals surface area (Å²) in [6.45, 7) is 12.4. The third-order valence-corrected chi connectivity index (χ3v) is 9.00. The number of piperidine rings is 1. The van der Waals surface area contributed by atoms with Crippen molar-refractivity contribution in [2.24, 2.45) is 11.3 Å². The molecule has 0 spiro atoms. The van der Waals surface area contributed by atoms with E-state index in [0.29, 0.717) is 23.8 Å². The van der Waals surface area contributed by atoms with Crippen LogP contribution >= 0.6 is 0 Å². The van der Waals surface area contributed by atoms with Gasteiger partial charge in [0, 0.05) is 31.7 Å². The van der Waals surface area contributed by atoms with Gasteiger partial charge in [-0.05, 0) is 77.3 Å². The number of phenols is 1. The molecule has 2 aromatic carbocycles. The number of amides is 1. The van der Waals surface area contributed by atoms with Crippen molar-refractivity contribution < 1.29 is 15.0 Å². The Hall–Kier alpha value is -2.37. The van der Waals surface area contributed by atoms with Gasteiger partial charge < -0.3 is 15.5 Å². The molecule has 0 aromatic heterocycles. The Morgan fingerprint density at radius 1 is 1.09 bits per heavy atom. The number of hydrogen-bond acceptors (Lipinski definition) is 4. The highest BCUT2D eigenvalue weighted by Crippen LogP contribution is 2.55. The van der Waals surface area contributed by atoms with E-state index in [2.05, 4.69) is 44.0 Å². The maximum absolute atomic E-state index is 12.9. The SMILES string of the molecule is C[C@@H]1Cc2c(O)cccc2[C@](C)(CCNC(=O)c2ccc(CN3CCC(O)CC3)cc2)C1(C)C. The highest BCUT2D eigenvalue weighted by Gasteiger charge is 2.49. The molecule has 5 nitrogen and oxygen atoms in total. The van der Waals surface area contributed by atoms with Gasteiger partial charge >= 0.3 is 0 Å². The molecular weight excluding hydrogens is 424 g/mol. The monoisotopic (exact) mass is 464 g/mol. The van der Waals surface area contributed by atoms with Gasteiger partial charge in [-0.25, -0.2) is 0 Å². The number of benzene rings is 2. The van der Waals surface area contributed by atoms with Crippen LogP contribution in [0.2, 0.25) is 0 Å². The quantitative estimate of drug-likeness (QED) is 0.582. The van der Waals surface area contributed by atoms with Crippen LogP contribution in [0.3, 0.4) is 0 Å². The summed E-state index contributed by atoms with van der Waals surface area (Å²) in [6.07, 6.45) is 3.19. The number of nitrogens with one attached hydrogen (secondary N) is 1. The molecule has 2 atom stereocenters. The summed E-state index contributed by atoms with van der Waals surface area (Å²) in [5.41, 5.74) is 4.01. The number of likely N-dealkylation sites (tertiary alicyclic amines) is 1. The maximum Gasteiger partial charge on any atom is 0.251 e. The van der Waals surface area contributed by atoms with E-state index in [1.165, 1.54) is 11.1 Å².